The highest BCUT2D eigenvalue weighted by molar-refractivity contribution is 7.46. The van der Waals surface area contributed by atoms with E-state index in [9.17, 15) is 48.2 Å². The highest BCUT2D eigenvalue weighted by Gasteiger charge is 2.56. The van der Waals surface area contributed by atoms with Crippen molar-refractivity contribution in [3.05, 3.63) is 12.7 Å². The maximum absolute atomic E-state index is 12.2. The molecule has 0 saturated carbocycles. The van der Waals surface area contributed by atoms with Crippen LogP contribution in [0.4, 0.5) is 5.82 Å². The minimum Gasteiger partial charge on any atom is -0.385 e. The first-order valence-electron chi connectivity index (χ1n) is 13.5. The summed E-state index contributed by atoms with van der Waals surface area (Å²) in [7, 11) is -16.2. The molecule has 0 amide bonds. The van der Waals surface area contributed by atoms with Crippen LogP contribution < -0.4 is 5.73 Å². The van der Waals surface area contributed by atoms with Crippen LogP contribution in [0.3, 0.4) is 0 Å². The number of imidazole rings is 1. The predicted octanol–water partition coefficient (Wildman–Crippen LogP) is -1.96. The summed E-state index contributed by atoms with van der Waals surface area (Å²) in [5.41, 5.74) is 6.09. The number of hydrogen-bond donors (Lipinski definition) is 8. The van der Waals surface area contributed by atoms with Crippen molar-refractivity contribution in [2.24, 2.45) is 0 Å². The molecule has 0 radical (unpaired) electrons. The zero-order valence-electron chi connectivity index (χ0n) is 23.4. The highest BCUT2D eigenvalue weighted by atomic mass is 31.2. The Bertz CT molecular complexity index is 1500. The number of nitrogens with two attached hydrogens (primary N) is 1. The maximum Gasteiger partial charge on any atom is 0.470 e. The lowest BCUT2D eigenvalue weighted by Gasteiger charge is -2.44. The van der Waals surface area contributed by atoms with Crippen LogP contribution in [0.15, 0.2) is 12.7 Å². The Morgan fingerprint density at radius 3 is 2.00 bits per heavy atom. The number of ether oxygens (including phenoxy) is 5. The van der Waals surface area contributed by atoms with Crippen molar-refractivity contribution in [1.29, 1.82) is 0 Å². The third-order valence-electron chi connectivity index (χ3n) is 7.02. The highest BCUT2D eigenvalue weighted by Crippen LogP contribution is 2.49. The SMILES string of the molecule is Nc1ncnc2c1ncn2[C@@H]1O[C@@H]2COCCCCOC[C@H]3O[C@H](O[C@H]2[C@H]1OP(=O)(O)O)[C@H](O)[C@@H](OP(=O)(O)O)[C@@H]3OP(=O)(O)O. The summed E-state index contributed by atoms with van der Waals surface area (Å²) in [6.07, 6.45) is -12.8. The molecule has 5 heterocycles. The molecule has 3 aliphatic rings. The fourth-order valence-electron chi connectivity index (χ4n) is 5.22. The lowest BCUT2D eigenvalue weighted by atomic mass is 9.99. The Kier molecular flexibility index (Phi) is 11.0. The van der Waals surface area contributed by atoms with Crippen LogP contribution in [0.1, 0.15) is 19.1 Å². The van der Waals surface area contributed by atoms with E-state index in [4.69, 9.17) is 43.0 Å². The van der Waals surface area contributed by atoms with Gasteiger partial charge in [0.25, 0.3) is 0 Å². The van der Waals surface area contributed by atoms with Gasteiger partial charge in [-0.25, -0.2) is 28.6 Å². The minimum atomic E-state index is -5.47. The summed E-state index contributed by atoms with van der Waals surface area (Å²) in [4.78, 5) is 69.9. The molecule has 3 saturated heterocycles. The van der Waals surface area contributed by atoms with E-state index in [1.165, 1.54) is 10.9 Å². The Morgan fingerprint density at radius 2 is 1.37 bits per heavy atom. The Labute approximate surface area is 258 Å². The van der Waals surface area contributed by atoms with Crippen LogP contribution in [-0.4, -0.2) is 129 Å². The summed E-state index contributed by atoms with van der Waals surface area (Å²) < 4.78 is 80.7. The average Bonchev–Trinajstić information content (AvgIpc) is 3.49. The summed E-state index contributed by atoms with van der Waals surface area (Å²) in [5.74, 6) is -0.0115. The number of phosphoric acid groups is 3. The van der Waals surface area contributed by atoms with Crippen LogP contribution in [0, 0.1) is 0 Å². The second-order valence-electron chi connectivity index (χ2n) is 10.3. The molecule has 3 aliphatic heterocycles. The van der Waals surface area contributed by atoms with Crippen molar-refractivity contribution < 1.29 is 85.4 Å². The molecular formula is C20H32N5O18P3. The number of aromatic nitrogens is 4. The molecule has 9 N–H and O–H groups in total. The molecule has 0 aromatic carbocycles. The Balaban J connectivity index is 1.55. The van der Waals surface area contributed by atoms with E-state index in [0.717, 1.165) is 6.33 Å². The molecule has 5 rings (SSSR count). The molecule has 26 heteroatoms. The number of phosphoric ester groups is 3. The first-order chi connectivity index (χ1) is 21.5. The van der Waals surface area contributed by atoms with Crippen LogP contribution >= 0.6 is 23.5 Å². The molecule has 23 nitrogen and oxygen atoms in total. The van der Waals surface area contributed by atoms with Crippen molar-refractivity contribution in [3.63, 3.8) is 0 Å². The summed E-state index contributed by atoms with van der Waals surface area (Å²) >= 11 is 0. The van der Waals surface area contributed by atoms with Gasteiger partial charge in [-0.3, -0.25) is 18.1 Å². The molecular weight excluding hydrogens is 691 g/mol. The van der Waals surface area contributed by atoms with Gasteiger partial charge in [-0.1, -0.05) is 0 Å². The van der Waals surface area contributed by atoms with E-state index in [2.05, 4.69) is 15.0 Å². The predicted molar refractivity (Wildman–Crippen MR) is 145 cm³/mol. The lowest BCUT2D eigenvalue weighted by molar-refractivity contribution is -0.315. The van der Waals surface area contributed by atoms with Crippen molar-refractivity contribution in [1.82, 2.24) is 19.5 Å². The van der Waals surface area contributed by atoms with E-state index in [1.807, 2.05) is 0 Å². The average molecular weight is 723 g/mol. The fraction of sp³-hybridized carbons (Fsp3) is 0.750. The van der Waals surface area contributed by atoms with Gasteiger partial charge in [0.1, 0.15) is 54.6 Å². The molecule has 0 unspecified atom stereocenters. The van der Waals surface area contributed by atoms with Crippen LogP contribution in [0.25, 0.3) is 11.2 Å². The van der Waals surface area contributed by atoms with Crippen LogP contribution in [0.5, 0.6) is 0 Å². The van der Waals surface area contributed by atoms with E-state index < -0.39 is 85.3 Å². The van der Waals surface area contributed by atoms with Crippen molar-refractivity contribution in [3.8, 4) is 0 Å². The molecule has 0 aliphatic carbocycles. The van der Waals surface area contributed by atoms with Crippen LogP contribution in [-0.2, 0) is 51.0 Å². The Hall–Kier alpha value is -1.56. The number of hydrogen-bond acceptors (Lipinski definition) is 16. The molecule has 2 bridgehead atoms. The number of aliphatic hydroxyl groups excluding tert-OH is 1. The first-order valence-corrected chi connectivity index (χ1v) is 18.0. The van der Waals surface area contributed by atoms with Gasteiger partial charge >= 0.3 is 23.5 Å². The van der Waals surface area contributed by atoms with Gasteiger partial charge in [-0.05, 0) is 12.8 Å². The van der Waals surface area contributed by atoms with Gasteiger partial charge in [0.15, 0.2) is 24.0 Å². The van der Waals surface area contributed by atoms with Crippen LogP contribution in [0.2, 0.25) is 0 Å². The molecule has 260 valence electrons. The lowest BCUT2D eigenvalue weighted by Crippen LogP contribution is -2.62. The third-order valence-corrected chi connectivity index (χ3v) is 8.58. The smallest absolute Gasteiger partial charge is 0.385 e. The number of rotatable bonds is 7. The van der Waals surface area contributed by atoms with Gasteiger partial charge in [0.05, 0.1) is 19.5 Å². The Morgan fingerprint density at radius 1 is 0.783 bits per heavy atom. The molecule has 2 aromatic rings. The molecule has 2 aromatic heterocycles. The number of nitrogen functional groups attached to an aromatic ring is 1. The zero-order valence-corrected chi connectivity index (χ0v) is 26.1. The third kappa shape index (κ3) is 8.72. The largest absolute Gasteiger partial charge is 0.470 e. The number of fused-ring (bicyclic) bond motifs is 4. The van der Waals surface area contributed by atoms with Gasteiger partial charge in [0.2, 0.25) is 0 Å². The second-order valence-corrected chi connectivity index (χ2v) is 13.9. The summed E-state index contributed by atoms with van der Waals surface area (Å²) in [5, 5.41) is 11.2. The summed E-state index contributed by atoms with van der Waals surface area (Å²) in [6.45, 7) is -0.482. The number of nitrogens with zero attached hydrogens (tertiary/aromatic N) is 4. The minimum absolute atomic E-state index is 0.0115. The summed E-state index contributed by atoms with van der Waals surface area (Å²) in [6, 6.07) is 0. The number of aliphatic hydroxyl groups is 1. The maximum atomic E-state index is 12.2. The molecule has 3 fully saturated rings. The van der Waals surface area contributed by atoms with E-state index in [0.29, 0.717) is 12.8 Å². The normalized spacial score (nSPS) is 33.8. The first kappa shape index (κ1) is 35.7. The standard InChI is InChI=1S/C20H32N5O18P3/c21-17-11-18(23-7-22-17)25(8-24-11)19-16(43-46(33,34)35)13-9(38-19)5-36-3-1-2-4-37-6-10-14(41-44(27,28)29)15(42-45(30,31)32)12(26)20(39-10)40-13/h7-10,12-16,19-20,26H,1-6H2,(H2,21,22,23)(H2,27,28,29)(H2,30,31,32)(H2,33,34,35)/t9-,10-,12-,13-,14-,15-,16-,19-,20-/m1/s1. The van der Waals surface area contributed by atoms with E-state index >= 15 is 0 Å². The molecule has 46 heavy (non-hydrogen) atoms. The van der Waals surface area contributed by atoms with E-state index in [1.54, 1.807) is 0 Å². The van der Waals surface area contributed by atoms with Gasteiger partial charge in [0, 0.05) is 13.2 Å². The van der Waals surface area contributed by atoms with Gasteiger partial charge in [-0.15, -0.1) is 0 Å². The van der Waals surface area contributed by atoms with Crippen molar-refractivity contribution >= 4 is 40.4 Å². The number of anilines is 1. The fourth-order valence-corrected chi connectivity index (χ4v) is 6.90. The van der Waals surface area contributed by atoms with Gasteiger partial charge in [-0.2, -0.15) is 0 Å². The molecule has 9 atom stereocenters. The zero-order chi connectivity index (χ0) is 33.4. The van der Waals surface area contributed by atoms with E-state index in [-0.39, 0.29) is 36.8 Å². The molecule has 0 spiro atoms. The quantitative estimate of drug-likeness (QED) is 0.144. The van der Waals surface area contributed by atoms with Crippen molar-refractivity contribution in [2.45, 2.75) is 68.1 Å². The monoisotopic (exact) mass is 723 g/mol. The second kappa shape index (κ2) is 14.1. The topological polar surface area (TPSA) is 336 Å². The van der Waals surface area contributed by atoms with Crippen molar-refractivity contribution in [2.75, 3.05) is 32.2 Å². The van der Waals surface area contributed by atoms with Gasteiger partial charge < -0.3 is 63.9 Å².